The number of aliphatic hydroxyl groups is 1. The van der Waals surface area contributed by atoms with Crippen LogP contribution in [0.25, 0.3) is 0 Å². The maximum Gasteiger partial charge on any atom is 0.302 e. The molecule has 0 bridgehead atoms. The van der Waals surface area contributed by atoms with Crippen LogP contribution in [-0.4, -0.2) is 49.7 Å². The molecule has 0 aromatic carbocycles. The molecule has 0 aromatic rings. The first-order valence-corrected chi connectivity index (χ1v) is 4.19. The van der Waals surface area contributed by atoms with Gasteiger partial charge in [0.1, 0.15) is 18.8 Å². The number of hydrogen-bond acceptors (Lipinski definition) is 5. The largest absolute Gasteiger partial charge is 0.463 e. The van der Waals surface area contributed by atoms with Gasteiger partial charge >= 0.3 is 5.97 Å². The summed E-state index contributed by atoms with van der Waals surface area (Å²) in [6.07, 6.45) is -0.444. The summed E-state index contributed by atoms with van der Waals surface area (Å²) in [5, 5.41) is 8.71. The molecule has 5 heteroatoms. The molecular weight excluding hydrogens is 176 g/mol. The summed E-state index contributed by atoms with van der Waals surface area (Å²) in [6.45, 7) is 2.23. The lowest BCUT2D eigenvalue weighted by atomic mass is 10.3. The van der Waals surface area contributed by atoms with Gasteiger partial charge in [0.05, 0.1) is 19.8 Å². The van der Waals surface area contributed by atoms with Crippen molar-refractivity contribution in [2.24, 2.45) is 0 Å². The molecule has 2 atom stereocenters. The Bertz CT molecular complexity index is 162. The van der Waals surface area contributed by atoms with Crippen LogP contribution >= 0.6 is 0 Å². The Morgan fingerprint density at radius 2 is 2.08 bits per heavy atom. The van der Waals surface area contributed by atoms with Crippen molar-refractivity contribution < 1.29 is 24.1 Å². The third kappa shape index (κ3) is 3.71. The van der Waals surface area contributed by atoms with E-state index >= 15 is 0 Å². The molecule has 0 aromatic heterocycles. The second-order valence-electron chi connectivity index (χ2n) is 2.90. The minimum Gasteiger partial charge on any atom is -0.463 e. The van der Waals surface area contributed by atoms with Gasteiger partial charge in [-0.1, -0.05) is 0 Å². The fourth-order valence-electron chi connectivity index (χ4n) is 0.995. The summed E-state index contributed by atoms with van der Waals surface area (Å²) in [5.41, 5.74) is 0. The molecule has 1 fully saturated rings. The number of carbonyl (C=O) groups is 1. The lowest BCUT2D eigenvalue weighted by Gasteiger charge is -2.27. The molecule has 1 saturated heterocycles. The van der Waals surface area contributed by atoms with E-state index in [1.165, 1.54) is 6.92 Å². The van der Waals surface area contributed by atoms with E-state index in [-0.39, 0.29) is 31.4 Å². The van der Waals surface area contributed by atoms with E-state index in [2.05, 4.69) is 0 Å². The van der Waals surface area contributed by atoms with Crippen LogP contribution in [0.15, 0.2) is 0 Å². The van der Waals surface area contributed by atoms with Crippen LogP contribution in [0.2, 0.25) is 0 Å². The zero-order valence-corrected chi connectivity index (χ0v) is 7.56. The summed E-state index contributed by atoms with van der Waals surface area (Å²) < 4.78 is 15.2. The molecule has 1 heterocycles. The molecular formula is C8H14O5. The second kappa shape index (κ2) is 5.16. The average molecular weight is 190 g/mol. The van der Waals surface area contributed by atoms with Gasteiger partial charge in [0.2, 0.25) is 0 Å². The maximum atomic E-state index is 10.4. The molecule has 1 rings (SSSR count). The highest BCUT2D eigenvalue weighted by Gasteiger charge is 2.22. The quantitative estimate of drug-likeness (QED) is 0.598. The summed E-state index contributed by atoms with van der Waals surface area (Å²) in [4.78, 5) is 10.4. The Labute approximate surface area is 76.6 Å². The van der Waals surface area contributed by atoms with E-state index in [9.17, 15) is 4.79 Å². The first kappa shape index (κ1) is 10.4. The van der Waals surface area contributed by atoms with E-state index in [0.717, 1.165) is 0 Å². The molecule has 0 saturated carbocycles. The minimum atomic E-state index is -0.326. The lowest BCUT2D eigenvalue weighted by molar-refractivity contribution is -0.170. The van der Waals surface area contributed by atoms with Crippen LogP contribution in [0.4, 0.5) is 0 Å². The zero-order valence-electron chi connectivity index (χ0n) is 7.56. The molecule has 1 aliphatic rings. The van der Waals surface area contributed by atoms with Crippen LogP contribution in [0.3, 0.4) is 0 Å². The van der Waals surface area contributed by atoms with E-state index in [4.69, 9.17) is 19.3 Å². The van der Waals surface area contributed by atoms with Gasteiger partial charge in [-0.3, -0.25) is 4.79 Å². The fraction of sp³-hybridized carbons (Fsp3) is 0.875. The Kier molecular flexibility index (Phi) is 4.14. The van der Waals surface area contributed by atoms with Gasteiger partial charge in [-0.2, -0.15) is 0 Å². The Morgan fingerprint density at radius 3 is 2.54 bits per heavy atom. The highest BCUT2D eigenvalue weighted by molar-refractivity contribution is 5.65. The molecule has 76 valence electrons. The molecule has 13 heavy (non-hydrogen) atoms. The number of carbonyl (C=O) groups excluding carboxylic acids is 1. The standard InChI is InChI=1S/C8H14O5/c1-6(10)11-4-8-5-12-7(2-9)3-13-8/h7-9H,2-5H2,1H3. The van der Waals surface area contributed by atoms with Crippen LogP contribution in [0.5, 0.6) is 0 Å². The molecule has 0 amide bonds. The first-order valence-electron chi connectivity index (χ1n) is 4.19. The van der Waals surface area contributed by atoms with Gasteiger partial charge in [-0.05, 0) is 0 Å². The smallest absolute Gasteiger partial charge is 0.302 e. The van der Waals surface area contributed by atoms with Gasteiger partial charge in [0.15, 0.2) is 0 Å². The molecule has 0 aliphatic carbocycles. The normalized spacial score (nSPS) is 28.5. The molecule has 0 spiro atoms. The monoisotopic (exact) mass is 190 g/mol. The number of ether oxygens (including phenoxy) is 3. The van der Waals surface area contributed by atoms with Crippen molar-refractivity contribution in [2.75, 3.05) is 26.4 Å². The second-order valence-corrected chi connectivity index (χ2v) is 2.90. The summed E-state index contributed by atoms with van der Waals surface area (Å²) in [7, 11) is 0. The Hall–Kier alpha value is -0.650. The van der Waals surface area contributed by atoms with Crippen LogP contribution < -0.4 is 0 Å². The summed E-state index contributed by atoms with van der Waals surface area (Å²) >= 11 is 0. The Morgan fingerprint density at radius 1 is 1.46 bits per heavy atom. The topological polar surface area (TPSA) is 65.0 Å². The molecule has 1 N–H and O–H groups in total. The maximum absolute atomic E-state index is 10.4. The number of aliphatic hydroxyl groups excluding tert-OH is 1. The van der Waals surface area contributed by atoms with E-state index in [1.807, 2.05) is 0 Å². The van der Waals surface area contributed by atoms with Gasteiger partial charge in [0.25, 0.3) is 0 Å². The number of rotatable bonds is 3. The number of hydrogen-bond donors (Lipinski definition) is 1. The van der Waals surface area contributed by atoms with Crippen molar-refractivity contribution in [1.29, 1.82) is 0 Å². The van der Waals surface area contributed by atoms with Gasteiger partial charge in [0, 0.05) is 6.92 Å². The van der Waals surface area contributed by atoms with E-state index < -0.39 is 0 Å². The van der Waals surface area contributed by atoms with Crippen LogP contribution in [-0.2, 0) is 19.0 Å². The molecule has 2 unspecified atom stereocenters. The molecule has 0 radical (unpaired) electrons. The van der Waals surface area contributed by atoms with Gasteiger partial charge in [-0.25, -0.2) is 0 Å². The van der Waals surface area contributed by atoms with Gasteiger partial charge < -0.3 is 19.3 Å². The van der Waals surface area contributed by atoms with Crippen molar-refractivity contribution in [2.45, 2.75) is 19.1 Å². The van der Waals surface area contributed by atoms with Crippen molar-refractivity contribution in [1.82, 2.24) is 0 Å². The highest BCUT2D eigenvalue weighted by atomic mass is 16.6. The first-order chi connectivity index (χ1) is 6.22. The van der Waals surface area contributed by atoms with Crippen molar-refractivity contribution in [3.63, 3.8) is 0 Å². The predicted octanol–water partition coefficient (Wildman–Crippen LogP) is -0.674. The van der Waals surface area contributed by atoms with Gasteiger partial charge in [-0.15, -0.1) is 0 Å². The average Bonchev–Trinajstić information content (AvgIpc) is 2.15. The Balaban J connectivity index is 2.14. The van der Waals surface area contributed by atoms with Crippen molar-refractivity contribution >= 4 is 5.97 Å². The SMILES string of the molecule is CC(=O)OCC1COC(CO)CO1. The lowest BCUT2D eigenvalue weighted by Crippen LogP contribution is -2.40. The van der Waals surface area contributed by atoms with E-state index in [0.29, 0.717) is 13.2 Å². The van der Waals surface area contributed by atoms with Crippen LogP contribution in [0.1, 0.15) is 6.92 Å². The summed E-state index contributed by atoms with van der Waals surface area (Å²) in [6, 6.07) is 0. The predicted molar refractivity (Wildman–Crippen MR) is 43.2 cm³/mol. The van der Waals surface area contributed by atoms with Crippen molar-refractivity contribution in [3.8, 4) is 0 Å². The third-order valence-electron chi connectivity index (χ3n) is 1.71. The highest BCUT2D eigenvalue weighted by Crippen LogP contribution is 2.07. The van der Waals surface area contributed by atoms with Crippen LogP contribution in [0, 0.1) is 0 Å². The van der Waals surface area contributed by atoms with Crippen molar-refractivity contribution in [3.05, 3.63) is 0 Å². The zero-order chi connectivity index (χ0) is 9.68. The minimum absolute atomic E-state index is 0.0414. The number of esters is 1. The van der Waals surface area contributed by atoms with E-state index in [1.54, 1.807) is 0 Å². The molecule has 5 nitrogen and oxygen atoms in total. The molecule has 1 aliphatic heterocycles. The fourth-order valence-corrected chi connectivity index (χ4v) is 0.995. The summed E-state index contributed by atoms with van der Waals surface area (Å²) in [5.74, 6) is -0.326. The third-order valence-corrected chi connectivity index (χ3v) is 1.71.